The lowest BCUT2D eigenvalue weighted by atomic mass is 10.2. The van der Waals surface area contributed by atoms with Gasteiger partial charge in [-0.15, -0.1) is 0 Å². The van der Waals surface area contributed by atoms with Gasteiger partial charge in [0.25, 0.3) is 5.91 Å². The van der Waals surface area contributed by atoms with Crippen LogP contribution in [-0.4, -0.2) is 86.5 Å². The standard InChI is InChI=1S/C15H24N4O5S/c1-18(2)6-7-19(13-4-8-25(23,24)11-13)10-12(9-16)15(22)17-5-3-14(20)21/h10,13H,3-8,11H2,1-2H3,(H,17,22)(H,20,21)/b12-10-. The Morgan fingerprint density at radius 3 is 2.52 bits per heavy atom. The lowest BCUT2D eigenvalue weighted by molar-refractivity contribution is -0.136. The van der Waals surface area contributed by atoms with Gasteiger partial charge in [-0.25, -0.2) is 8.42 Å². The zero-order chi connectivity index (χ0) is 19.0. The van der Waals surface area contributed by atoms with Crippen LogP contribution in [0, 0.1) is 11.3 Å². The highest BCUT2D eigenvalue weighted by molar-refractivity contribution is 7.91. The largest absolute Gasteiger partial charge is 0.481 e. The van der Waals surface area contributed by atoms with Crippen molar-refractivity contribution < 1.29 is 23.1 Å². The molecule has 0 aromatic rings. The third-order valence-electron chi connectivity index (χ3n) is 3.77. The van der Waals surface area contributed by atoms with Gasteiger partial charge in [0.15, 0.2) is 9.84 Å². The molecule has 1 atom stereocenters. The van der Waals surface area contributed by atoms with Crippen molar-refractivity contribution in [1.82, 2.24) is 15.1 Å². The van der Waals surface area contributed by atoms with E-state index in [9.17, 15) is 23.3 Å². The predicted octanol–water partition coefficient (Wildman–Crippen LogP) is -0.965. The molecule has 0 radical (unpaired) electrons. The van der Waals surface area contributed by atoms with E-state index in [1.165, 1.54) is 6.20 Å². The lowest BCUT2D eigenvalue weighted by Gasteiger charge is -2.28. The fourth-order valence-electron chi connectivity index (χ4n) is 2.39. The molecule has 0 aromatic carbocycles. The van der Waals surface area contributed by atoms with E-state index in [1.807, 2.05) is 19.0 Å². The van der Waals surface area contributed by atoms with Gasteiger partial charge in [0, 0.05) is 31.9 Å². The Bertz CT molecular complexity index is 666. The van der Waals surface area contributed by atoms with Crippen LogP contribution in [0.25, 0.3) is 0 Å². The molecule has 1 aliphatic heterocycles. The van der Waals surface area contributed by atoms with Gasteiger partial charge in [-0.05, 0) is 20.5 Å². The summed E-state index contributed by atoms with van der Waals surface area (Å²) in [5, 5.41) is 20.2. The molecule has 0 aliphatic carbocycles. The molecule has 25 heavy (non-hydrogen) atoms. The smallest absolute Gasteiger partial charge is 0.305 e. The highest BCUT2D eigenvalue weighted by Gasteiger charge is 2.31. The van der Waals surface area contributed by atoms with Crippen LogP contribution in [0.1, 0.15) is 12.8 Å². The molecule has 0 aromatic heterocycles. The van der Waals surface area contributed by atoms with Crippen LogP contribution in [0.15, 0.2) is 11.8 Å². The van der Waals surface area contributed by atoms with Crippen molar-refractivity contribution in [1.29, 1.82) is 5.26 Å². The zero-order valence-electron chi connectivity index (χ0n) is 14.4. The molecule has 140 valence electrons. The second-order valence-corrected chi connectivity index (χ2v) is 8.38. The van der Waals surface area contributed by atoms with Crippen LogP contribution in [0.2, 0.25) is 0 Å². The van der Waals surface area contributed by atoms with Crippen LogP contribution in [-0.2, 0) is 19.4 Å². The van der Waals surface area contributed by atoms with E-state index >= 15 is 0 Å². The maximum Gasteiger partial charge on any atom is 0.305 e. The summed E-state index contributed by atoms with van der Waals surface area (Å²) in [5.41, 5.74) is -0.173. The van der Waals surface area contributed by atoms with Crippen molar-refractivity contribution >= 4 is 21.7 Å². The van der Waals surface area contributed by atoms with Gasteiger partial charge in [-0.2, -0.15) is 5.26 Å². The number of carboxylic acid groups (broad SMARTS) is 1. The van der Waals surface area contributed by atoms with Gasteiger partial charge in [-0.3, -0.25) is 9.59 Å². The van der Waals surface area contributed by atoms with E-state index in [0.717, 1.165) is 0 Å². The molecule has 0 saturated carbocycles. The van der Waals surface area contributed by atoms with Crippen molar-refractivity contribution in [2.45, 2.75) is 18.9 Å². The van der Waals surface area contributed by atoms with Crippen LogP contribution < -0.4 is 5.32 Å². The number of aliphatic carboxylic acids is 1. The fraction of sp³-hybridized carbons (Fsp3) is 0.667. The molecule has 1 rings (SSSR count). The minimum atomic E-state index is -3.10. The maximum atomic E-state index is 12.0. The second-order valence-electron chi connectivity index (χ2n) is 6.15. The molecule has 2 N–H and O–H groups in total. The number of hydrogen-bond acceptors (Lipinski definition) is 7. The first-order valence-electron chi connectivity index (χ1n) is 7.87. The number of rotatable bonds is 9. The van der Waals surface area contributed by atoms with Gasteiger partial charge in [0.1, 0.15) is 11.6 Å². The monoisotopic (exact) mass is 372 g/mol. The highest BCUT2D eigenvalue weighted by Crippen LogP contribution is 2.19. The van der Waals surface area contributed by atoms with Crippen LogP contribution in [0.4, 0.5) is 0 Å². The minimum absolute atomic E-state index is 0.00370. The van der Waals surface area contributed by atoms with Gasteiger partial charge >= 0.3 is 5.97 Å². The highest BCUT2D eigenvalue weighted by atomic mass is 32.2. The molecule has 9 nitrogen and oxygen atoms in total. The number of sulfone groups is 1. The average Bonchev–Trinajstić information content (AvgIpc) is 2.86. The quantitative estimate of drug-likeness (QED) is 0.391. The Balaban J connectivity index is 2.87. The van der Waals surface area contributed by atoms with Crippen molar-refractivity contribution in [3.63, 3.8) is 0 Å². The first-order valence-corrected chi connectivity index (χ1v) is 9.69. The van der Waals surface area contributed by atoms with E-state index in [1.54, 1.807) is 11.0 Å². The topological polar surface area (TPSA) is 131 Å². The van der Waals surface area contributed by atoms with E-state index in [4.69, 9.17) is 5.11 Å². The number of nitrogens with zero attached hydrogens (tertiary/aromatic N) is 3. The van der Waals surface area contributed by atoms with Crippen molar-refractivity contribution in [3.8, 4) is 6.07 Å². The number of carbonyl (C=O) groups excluding carboxylic acids is 1. The SMILES string of the molecule is CN(C)CCN(/C=C(/C#N)C(=O)NCCC(=O)O)C1CCS(=O)(=O)C1. The Morgan fingerprint density at radius 1 is 1.36 bits per heavy atom. The third kappa shape index (κ3) is 7.53. The molecule has 1 unspecified atom stereocenters. The van der Waals surface area contributed by atoms with Gasteiger partial charge < -0.3 is 20.2 Å². The Labute approximate surface area is 147 Å². The van der Waals surface area contributed by atoms with Gasteiger partial charge in [-0.1, -0.05) is 0 Å². The minimum Gasteiger partial charge on any atom is -0.481 e. The Kier molecular flexibility index (Phi) is 7.86. The number of likely N-dealkylation sites (N-methyl/N-ethyl adjacent to an activating group) is 1. The maximum absolute atomic E-state index is 12.0. The average molecular weight is 372 g/mol. The number of hydrogen-bond donors (Lipinski definition) is 2. The molecule has 1 amide bonds. The number of carbonyl (C=O) groups is 2. The first kappa shape index (κ1) is 20.9. The summed E-state index contributed by atoms with van der Waals surface area (Å²) in [6.07, 6.45) is 1.59. The number of amides is 1. The van der Waals surface area contributed by atoms with Crippen LogP contribution in [0.3, 0.4) is 0 Å². The number of carboxylic acids is 1. The van der Waals surface area contributed by atoms with E-state index in [0.29, 0.717) is 19.5 Å². The van der Waals surface area contributed by atoms with Crippen LogP contribution in [0.5, 0.6) is 0 Å². The van der Waals surface area contributed by atoms with Gasteiger partial charge in [0.05, 0.1) is 17.9 Å². The zero-order valence-corrected chi connectivity index (χ0v) is 15.3. The molecule has 1 saturated heterocycles. The summed E-state index contributed by atoms with van der Waals surface area (Å²) in [6, 6.07) is 1.52. The molecular weight excluding hydrogens is 348 g/mol. The second kappa shape index (κ2) is 9.39. The third-order valence-corrected chi connectivity index (χ3v) is 5.52. The van der Waals surface area contributed by atoms with Gasteiger partial charge in [0.2, 0.25) is 0 Å². The summed E-state index contributed by atoms with van der Waals surface area (Å²) in [7, 11) is 0.645. The normalized spacial score (nSPS) is 19.4. The molecule has 1 fully saturated rings. The van der Waals surface area contributed by atoms with E-state index < -0.39 is 21.7 Å². The summed E-state index contributed by atoms with van der Waals surface area (Å²) < 4.78 is 23.4. The molecule has 1 aliphatic rings. The molecule has 0 bridgehead atoms. The Hall–Kier alpha value is -2.12. The van der Waals surface area contributed by atoms with Crippen molar-refractivity contribution in [2.24, 2.45) is 0 Å². The molecule has 0 spiro atoms. The molecule has 10 heteroatoms. The van der Waals surface area contributed by atoms with Crippen molar-refractivity contribution in [3.05, 3.63) is 11.8 Å². The van der Waals surface area contributed by atoms with E-state index in [-0.39, 0.29) is 36.1 Å². The van der Waals surface area contributed by atoms with E-state index in [2.05, 4.69) is 5.32 Å². The first-order chi connectivity index (χ1) is 11.6. The number of nitrogens with one attached hydrogen (secondary N) is 1. The lowest BCUT2D eigenvalue weighted by Crippen LogP contribution is -2.38. The molecular formula is C15H24N4O5S. The number of nitriles is 1. The Morgan fingerprint density at radius 2 is 2.04 bits per heavy atom. The van der Waals surface area contributed by atoms with Crippen LogP contribution >= 0.6 is 0 Å². The van der Waals surface area contributed by atoms with Crippen molar-refractivity contribution in [2.75, 3.05) is 45.2 Å². The summed E-state index contributed by atoms with van der Waals surface area (Å²) >= 11 is 0. The molecule has 1 heterocycles. The fourth-order valence-corrected chi connectivity index (χ4v) is 4.13. The summed E-state index contributed by atoms with van der Waals surface area (Å²) in [5.74, 6) is -1.63. The summed E-state index contributed by atoms with van der Waals surface area (Å²) in [6.45, 7) is 1.02. The summed E-state index contributed by atoms with van der Waals surface area (Å²) in [4.78, 5) is 26.1. The predicted molar refractivity (Wildman–Crippen MR) is 91.3 cm³/mol.